The van der Waals surface area contributed by atoms with E-state index in [-0.39, 0.29) is 11.9 Å². The van der Waals surface area contributed by atoms with Gasteiger partial charge in [0, 0.05) is 31.0 Å². The second kappa shape index (κ2) is 9.41. The molecule has 0 saturated carbocycles. The Balaban J connectivity index is 2.08. The number of ketones is 1. The maximum atomic E-state index is 12.2. The van der Waals surface area contributed by atoms with Gasteiger partial charge < -0.3 is 9.64 Å². The predicted molar refractivity (Wildman–Crippen MR) is 94.9 cm³/mol. The topological polar surface area (TPSA) is 29.5 Å². The Morgan fingerprint density at radius 1 is 1.30 bits per heavy atom. The van der Waals surface area contributed by atoms with Crippen molar-refractivity contribution in [3.05, 3.63) is 34.9 Å². The molecule has 1 aliphatic rings. The molecule has 1 aliphatic heterocycles. The number of hydrogen-bond acceptors (Lipinski definition) is 3. The zero-order chi connectivity index (χ0) is 16.7. The Morgan fingerprint density at radius 3 is 2.74 bits per heavy atom. The molecule has 0 N–H and O–H groups in total. The highest BCUT2D eigenvalue weighted by Gasteiger charge is 2.22. The Bertz CT molecular complexity index is 489. The molecule has 0 aromatic heterocycles. The van der Waals surface area contributed by atoms with E-state index in [1.165, 1.54) is 19.3 Å². The van der Waals surface area contributed by atoms with Gasteiger partial charge in [0.15, 0.2) is 0 Å². The molecule has 0 aliphatic carbocycles. The largest absolute Gasteiger partial charge is 0.373 e. The number of unbranched alkanes of at least 4 members (excludes halogenated alkanes) is 1. The fourth-order valence-electron chi connectivity index (χ4n) is 3.08. The van der Waals surface area contributed by atoms with Crippen LogP contribution >= 0.6 is 11.6 Å². The molecule has 2 unspecified atom stereocenters. The van der Waals surface area contributed by atoms with Crippen LogP contribution in [-0.2, 0) is 9.53 Å². The van der Waals surface area contributed by atoms with Gasteiger partial charge in [0.05, 0.1) is 12.7 Å². The van der Waals surface area contributed by atoms with E-state index in [4.69, 9.17) is 16.3 Å². The molecular weight excluding hydrogens is 310 g/mol. The number of carbonyl (C=O) groups excluding carboxylic acids is 1. The third-order valence-electron chi connectivity index (χ3n) is 4.50. The minimum Gasteiger partial charge on any atom is -0.373 e. The molecule has 128 valence electrons. The molecule has 4 heteroatoms. The van der Waals surface area contributed by atoms with Gasteiger partial charge in [0.1, 0.15) is 5.78 Å². The predicted octanol–water partition coefficient (Wildman–Crippen LogP) is 4.50. The summed E-state index contributed by atoms with van der Waals surface area (Å²) in [4.78, 5) is 14.5. The van der Waals surface area contributed by atoms with Crippen molar-refractivity contribution in [2.45, 2.75) is 45.1 Å². The highest BCUT2D eigenvalue weighted by molar-refractivity contribution is 6.30. The van der Waals surface area contributed by atoms with Gasteiger partial charge in [-0.3, -0.25) is 4.79 Å². The van der Waals surface area contributed by atoms with Crippen molar-refractivity contribution >= 4 is 17.4 Å². The molecule has 1 fully saturated rings. The number of hydrogen-bond donors (Lipinski definition) is 0. The molecule has 1 heterocycles. The van der Waals surface area contributed by atoms with Crippen molar-refractivity contribution in [1.82, 2.24) is 4.90 Å². The molecule has 1 aromatic carbocycles. The molecule has 1 saturated heterocycles. The van der Waals surface area contributed by atoms with Crippen LogP contribution in [0.4, 0.5) is 0 Å². The SMILES string of the molecule is CCCCC1COC(c2ccc(Cl)cc2)CC(=O)CCN(C)C1. The second-order valence-electron chi connectivity index (χ2n) is 6.64. The number of rotatable bonds is 4. The summed E-state index contributed by atoms with van der Waals surface area (Å²) in [6, 6.07) is 7.68. The summed E-state index contributed by atoms with van der Waals surface area (Å²) in [5, 5.41) is 0.711. The minimum atomic E-state index is -0.146. The molecule has 1 aromatic rings. The van der Waals surface area contributed by atoms with E-state index in [1.807, 2.05) is 24.3 Å². The maximum absolute atomic E-state index is 12.2. The van der Waals surface area contributed by atoms with E-state index in [0.717, 1.165) is 18.7 Å². The quantitative estimate of drug-likeness (QED) is 0.810. The number of ether oxygens (including phenoxy) is 1. The first-order chi connectivity index (χ1) is 11.1. The molecule has 2 rings (SSSR count). The van der Waals surface area contributed by atoms with Crippen LogP contribution < -0.4 is 0 Å². The lowest BCUT2D eigenvalue weighted by Crippen LogP contribution is -2.32. The smallest absolute Gasteiger partial charge is 0.137 e. The third-order valence-corrected chi connectivity index (χ3v) is 4.75. The van der Waals surface area contributed by atoms with Crippen molar-refractivity contribution in [3.8, 4) is 0 Å². The van der Waals surface area contributed by atoms with Crippen LogP contribution in [0, 0.1) is 5.92 Å². The van der Waals surface area contributed by atoms with Gasteiger partial charge >= 0.3 is 0 Å². The summed E-state index contributed by atoms with van der Waals surface area (Å²) in [5.74, 6) is 0.798. The van der Waals surface area contributed by atoms with Gasteiger partial charge in [-0.05, 0) is 37.1 Å². The molecule has 2 atom stereocenters. The molecular formula is C19H28ClNO2. The van der Waals surface area contributed by atoms with E-state index in [0.29, 0.717) is 30.4 Å². The average molecular weight is 338 g/mol. The van der Waals surface area contributed by atoms with E-state index >= 15 is 0 Å². The van der Waals surface area contributed by atoms with Crippen molar-refractivity contribution in [1.29, 1.82) is 0 Å². The van der Waals surface area contributed by atoms with Crippen LogP contribution in [0.2, 0.25) is 5.02 Å². The zero-order valence-corrected chi connectivity index (χ0v) is 15.0. The lowest BCUT2D eigenvalue weighted by Gasteiger charge is -2.28. The number of halogens is 1. The number of nitrogens with zero attached hydrogens (tertiary/aromatic N) is 1. The molecule has 0 spiro atoms. The van der Waals surface area contributed by atoms with Gasteiger partial charge in [-0.25, -0.2) is 0 Å². The van der Waals surface area contributed by atoms with Crippen LogP contribution in [0.15, 0.2) is 24.3 Å². The van der Waals surface area contributed by atoms with Crippen molar-refractivity contribution in [3.63, 3.8) is 0 Å². The third kappa shape index (κ3) is 6.25. The van der Waals surface area contributed by atoms with Crippen molar-refractivity contribution in [2.24, 2.45) is 5.92 Å². The fourth-order valence-corrected chi connectivity index (χ4v) is 3.21. The summed E-state index contributed by atoms with van der Waals surface area (Å²) >= 11 is 5.97. The van der Waals surface area contributed by atoms with Crippen molar-refractivity contribution in [2.75, 3.05) is 26.7 Å². The molecule has 0 bridgehead atoms. The van der Waals surface area contributed by atoms with E-state index in [9.17, 15) is 4.79 Å². The first-order valence-corrected chi connectivity index (χ1v) is 9.03. The van der Waals surface area contributed by atoms with Gasteiger partial charge in [0.2, 0.25) is 0 Å². The van der Waals surface area contributed by atoms with Gasteiger partial charge in [-0.15, -0.1) is 0 Å². The normalized spacial score (nSPS) is 24.6. The van der Waals surface area contributed by atoms with Gasteiger partial charge in [-0.1, -0.05) is 43.5 Å². The van der Waals surface area contributed by atoms with Gasteiger partial charge in [0.25, 0.3) is 0 Å². The number of benzene rings is 1. The highest BCUT2D eigenvalue weighted by atomic mass is 35.5. The zero-order valence-electron chi connectivity index (χ0n) is 14.3. The van der Waals surface area contributed by atoms with Crippen molar-refractivity contribution < 1.29 is 9.53 Å². The monoisotopic (exact) mass is 337 g/mol. The molecule has 0 radical (unpaired) electrons. The van der Waals surface area contributed by atoms with Crippen LogP contribution in [0.1, 0.15) is 50.7 Å². The minimum absolute atomic E-state index is 0.146. The average Bonchev–Trinajstić information content (AvgIpc) is 2.54. The van der Waals surface area contributed by atoms with E-state index < -0.39 is 0 Å². The Labute approximate surface area is 145 Å². The van der Waals surface area contributed by atoms with Crippen LogP contribution in [0.5, 0.6) is 0 Å². The first kappa shape index (κ1) is 18.4. The Kier molecular flexibility index (Phi) is 7.54. The fraction of sp³-hybridized carbons (Fsp3) is 0.632. The molecule has 23 heavy (non-hydrogen) atoms. The van der Waals surface area contributed by atoms with Crippen LogP contribution in [0.3, 0.4) is 0 Å². The summed E-state index contributed by atoms with van der Waals surface area (Å²) in [5.41, 5.74) is 1.05. The van der Waals surface area contributed by atoms with Crippen LogP contribution in [-0.4, -0.2) is 37.4 Å². The standard InChI is InChI=1S/C19H28ClNO2/c1-3-4-5-15-13-21(2)11-10-18(22)12-19(23-14-15)16-6-8-17(20)9-7-16/h6-9,15,19H,3-5,10-14H2,1-2H3. The highest BCUT2D eigenvalue weighted by Crippen LogP contribution is 2.26. The van der Waals surface area contributed by atoms with Gasteiger partial charge in [-0.2, -0.15) is 0 Å². The summed E-state index contributed by atoms with van der Waals surface area (Å²) < 4.78 is 6.18. The van der Waals surface area contributed by atoms with E-state index in [2.05, 4.69) is 18.9 Å². The molecule has 3 nitrogen and oxygen atoms in total. The summed E-state index contributed by atoms with van der Waals surface area (Å²) in [6.45, 7) is 4.78. The number of Topliss-reactive ketones (excluding diaryl/α,β-unsaturated/α-hetero) is 1. The summed E-state index contributed by atoms with van der Waals surface area (Å²) in [6.07, 6.45) is 4.53. The lowest BCUT2D eigenvalue weighted by atomic mass is 9.99. The Morgan fingerprint density at radius 2 is 2.04 bits per heavy atom. The second-order valence-corrected chi connectivity index (χ2v) is 7.07. The van der Waals surface area contributed by atoms with E-state index in [1.54, 1.807) is 0 Å². The summed E-state index contributed by atoms with van der Waals surface area (Å²) in [7, 11) is 2.10. The maximum Gasteiger partial charge on any atom is 0.137 e. The molecule has 0 amide bonds. The van der Waals surface area contributed by atoms with Crippen LogP contribution in [0.25, 0.3) is 0 Å². The number of carbonyl (C=O) groups is 1. The first-order valence-electron chi connectivity index (χ1n) is 8.65. The Hall–Kier alpha value is -0.900. The lowest BCUT2D eigenvalue weighted by molar-refractivity contribution is -0.123.